The summed E-state index contributed by atoms with van der Waals surface area (Å²) < 4.78 is 13.6. The van der Waals surface area contributed by atoms with Crippen molar-refractivity contribution in [3.8, 4) is 0 Å². The van der Waals surface area contributed by atoms with Crippen molar-refractivity contribution in [3.63, 3.8) is 0 Å². The summed E-state index contributed by atoms with van der Waals surface area (Å²) >= 11 is 0. The number of halogens is 1. The fraction of sp³-hybridized carbons (Fsp3) is 0.455. The van der Waals surface area contributed by atoms with E-state index in [1.54, 1.807) is 0 Å². The van der Waals surface area contributed by atoms with E-state index < -0.39 is 11.7 Å². The Morgan fingerprint density at radius 3 is 2.81 bits per heavy atom. The van der Waals surface area contributed by atoms with Crippen LogP contribution in [0.3, 0.4) is 0 Å². The molecule has 1 aromatic heterocycles. The van der Waals surface area contributed by atoms with Gasteiger partial charge in [0.15, 0.2) is 0 Å². The maximum atomic E-state index is 13.6. The van der Waals surface area contributed by atoms with Crippen LogP contribution in [0.15, 0.2) is 12.3 Å². The first-order valence-corrected chi connectivity index (χ1v) is 5.11. The number of hydrogen-bond acceptors (Lipinski definition) is 3. The van der Waals surface area contributed by atoms with E-state index >= 15 is 0 Å². The van der Waals surface area contributed by atoms with Gasteiger partial charge in [0.05, 0.1) is 18.4 Å². The molecule has 1 aliphatic carbocycles. The van der Waals surface area contributed by atoms with E-state index in [1.807, 2.05) is 0 Å². The average molecular weight is 224 g/mol. The summed E-state index contributed by atoms with van der Waals surface area (Å²) in [5, 5.41) is 1.03. The highest BCUT2D eigenvalue weighted by Crippen LogP contribution is 2.40. The monoisotopic (exact) mass is 224 g/mol. The Bertz CT molecular complexity index is 418. The van der Waals surface area contributed by atoms with E-state index in [-0.39, 0.29) is 11.5 Å². The third kappa shape index (κ3) is 2.04. The fourth-order valence-corrected chi connectivity index (χ4v) is 1.49. The van der Waals surface area contributed by atoms with E-state index in [9.17, 15) is 9.18 Å². The molecule has 0 saturated heterocycles. The van der Waals surface area contributed by atoms with Crippen LogP contribution in [0.25, 0.3) is 0 Å². The lowest BCUT2D eigenvalue weighted by Gasteiger charge is -2.13. The van der Waals surface area contributed by atoms with Crippen molar-refractivity contribution in [1.29, 1.82) is 0 Å². The van der Waals surface area contributed by atoms with Gasteiger partial charge in [-0.1, -0.05) is 0 Å². The fourth-order valence-electron chi connectivity index (χ4n) is 1.49. The van der Waals surface area contributed by atoms with Gasteiger partial charge in [0.25, 0.3) is 5.91 Å². The second-order valence-corrected chi connectivity index (χ2v) is 3.85. The minimum Gasteiger partial charge on any atom is -0.274 e. The largest absolute Gasteiger partial charge is 0.278 e. The lowest BCUT2D eigenvalue weighted by Crippen LogP contribution is -2.25. The molecule has 1 aliphatic rings. The van der Waals surface area contributed by atoms with Crippen LogP contribution in [0, 0.1) is 5.82 Å². The summed E-state index contributed by atoms with van der Waals surface area (Å²) in [4.78, 5) is 20.3. The summed E-state index contributed by atoms with van der Waals surface area (Å²) in [6.45, 7) is 0. The van der Waals surface area contributed by atoms with Crippen LogP contribution in [-0.2, 0) is 4.84 Å². The summed E-state index contributed by atoms with van der Waals surface area (Å²) in [7, 11) is 2.84. The maximum absolute atomic E-state index is 13.6. The number of pyridine rings is 1. The smallest absolute Gasteiger partial charge is 0.274 e. The van der Waals surface area contributed by atoms with Crippen molar-refractivity contribution in [3.05, 3.63) is 29.3 Å². The van der Waals surface area contributed by atoms with Gasteiger partial charge in [-0.15, -0.1) is 0 Å². The van der Waals surface area contributed by atoms with Crippen LogP contribution in [0.1, 0.15) is 34.8 Å². The van der Waals surface area contributed by atoms with Crippen molar-refractivity contribution >= 4 is 5.91 Å². The Morgan fingerprint density at radius 2 is 2.31 bits per heavy atom. The molecule has 0 N–H and O–H groups in total. The molecule has 0 spiro atoms. The molecule has 86 valence electrons. The van der Waals surface area contributed by atoms with E-state index in [1.165, 1.54) is 26.4 Å². The van der Waals surface area contributed by atoms with Crippen LogP contribution in [0.4, 0.5) is 4.39 Å². The van der Waals surface area contributed by atoms with Crippen LogP contribution in [-0.4, -0.2) is 30.1 Å². The number of nitrogens with zero attached hydrogens (tertiary/aromatic N) is 2. The van der Waals surface area contributed by atoms with Crippen molar-refractivity contribution in [2.24, 2.45) is 0 Å². The molecular formula is C11H13FN2O2. The average Bonchev–Trinajstić information content (AvgIpc) is 3.10. The van der Waals surface area contributed by atoms with E-state index in [0.29, 0.717) is 5.69 Å². The van der Waals surface area contributed by atoms with Crippen molar-refractivity contribution in [2.45, 2.75) is 18.8 Å². The van der Waals surface area contributed by atoms with E-state index in [4.69, 9.17) is 4.84 Å². The maximum Gasteiger partial charge on any atom is 0.278 e. The summed E-state index contributed by atoms with van der Waals surface area (Å²) in [5.41, 5.74) is 0.669. The first-order valence-electron chi connectivity index (χ1n) is 5.11. The molecule has 0 aliphatic heterocycles. The van der Waals surface area contributed by atoms with Gasteiger partial charge in [-0.3, -0.25) is 14.6 Å². The van der Waals surface area contributed by atoms with Crippen molar-refractivity contribution < 1.29 is 14.0 Å². The first kappa shape index (κ1) is 11.0. The summed E-state index contributed by atoms with van der Waals surface area (Å²) in [6.07, 6.45) is 3.36. The predicted molar refractivity (Wildman–Crippen MR) is 55.3 cm³/mol. The SMILES string of the molecule is CON(C)C(=O)c1cnc(C2CC2)c(F)c1. The molecule has 1 heterocycles. The quantitative estimate of drug-likeness (QED) is 0.734. The zero-order chi connectivity index (χ0) is 11.7. The third-order valence-electron chi connectivity index (χ3n) is 2.64. The Labute approximate surface area is 93.0 Å². The molecule has 16 heavy (non-hydrogen) atoms. The van der Waals surface area contributed by atoms with Crippen LogP contribution in [0.2, 0.25) is 0 Å². The second-order valence-electron chi connectivity index (χ2n) is 3.85. The summed E-state index contributed by atoms with van der Waals surface area (Å²) in [6, 6.07) is 1.22. The van der Waals surface area contributed by atoms with E-state index in [0.717, 1.165) is 17.9 Å². The molecule has 1 fully saturated rings. The van der Waals surface area contributed by atoms with Gasteiger partial charge in [0, 0.05) is 19.2 Å². The molecular weight excluding hydrogens is 211 g/mol. The lowest BCUT2D eigenvalue weighted by atomic mass is 10.2. The van der Waals surface area contributed by atoms with Gasteiger partial charge in [-0.05, 0) is 18.9 Å². The van der Waals surface area contributed by atoms with Gasteiger partial charge in [0.1, 0.15) is 5.82 Å². The number of aromatic nitrogens is 1. The predicted octanol–water partition coefficient (Wildman–Crippen LogP) is 1.73. The minimum atomic E-state index is -0.406. The number of carbonyl (C=O) groups is 1. The van der Waals surface area contributed by atoms with Gasteiger partial charge < -0.3 is 0 Å². The van der Waals surface area contributed by atoms with Crippen LogP contribution >= 0.6 is 0 Å². The van der Waals surface area contributed by atoms with Gasteiger partial charge in [0.2, 0.25) is 0 Å². The Kier molecular flexibility index (Phi) is 2.87. The molecule has 0 aromatic carbocycles. The highest BCUT2D eigenvalue weighted by atomic mass is 19.1. The lowest BCUT2D eigenvalue weighted by molar-refractivity contribution is -0.0757. The van der Waals surface area contributed by atoms with Gasteiger partial charge in [-0.2, -0.15) is 0 Å². The molecule has 1 saturated carbocycles. The van der Waals surface area contributed by atoms with Gasteiger partial charge >= 0.3 is 0 Å². The standard InChI is InChI=1S/C11H13FN2O2/c1-14(16-2)11(15)8-5-9(12)10(13-6-8)7-3-4-7/h5-7H,3-4H2,1-2H3. The highest BCUT2D eigenvalue weighted by molar-refractivity contribution is 5.93. The van der Waals surface area contributed by atoms with Crippen molar-refractivity contribution in [1.82, 2.24) is 10.0 Å². The topological polar surface area (TPSA) is 42.4 Å². The molecule has 1 aromatic rings. The van der Waals surface area contributed by atoms with Crippen molar-refractivity contribution in [2.75, 3.05) is 14.2 Å². The second kappa shape index (κ2) is 4.17. The number of hydroxylamine groups is 2. The molecule has 0 unspecified atom stereocenters. The molecule has 0 radical (unpaired) electrons. The zero-order valence-electron chi connectivity index (χ0n) is 9.24. The third-order valence-corrected chi connectivity index (χ3v) is 2.64. The molecule has 2 rings (SSSR count). The van der Waals surface area contributed by atoms with Gasteiger partial charge in [-0.25, -0.2) is 9.45 Å². The molecule has 4 nitrogen and oxygen atoms in total. The molecule has 1 amide bonds. The molecule has 0 atom stereocenters. The number of hydrogen-bond donors (Lipinski definition) is 0. The zero-order valence-corrected chi connectivity index (χ0v) is 9.24. The normalized spacial score (nSPS) is 14.9. The Morgan fingerprint density at radius 1 is 1.62 bits per heavy atom. The van der Waals surface area contributed by atoms with Crippen LogP contribution < -0.4 is 0 Å². The first-order chi connectivity index (χ1) is 7.63. The highest BCUT2D eigenvalue weighted by Gasteiger charge is 2.28. The number of carbonyl (C=O) groups excluding carboxylic acids is 1. The number of amides is 1. The minimum absolute atomic E-state index is 0.200. The Hall–Kier alpha value is -1.49. The Balaban J connectivity index is 2.23. The summed E-state index contributed by atoms with van der Waals surface area (Å²) in [5.74, 6) is -0.571. The number of rotatable bonds is 3. The van der Waals surface area contributed by atoms with E-state index in [2.05, 4.69) is 4.98 Å². The van der Waals surface area contributed by atoms with Crippen LogP contribution in [0.5, 0.6) is 0 Å². The molecule has 0 bridgehead atoms. The molecule has 5 heteroatoms.